The number of piperidine rings is 1. The van der Waals surface area contributed by atoms with Gasteiger partial charge in [-0.2, -0.15) is 9.40 Å². The number of nitrogens with one attached hydrogen (secondary N) is 1. The summed E-state index contributed by atoms with van der Waals surface area (Å²) in [7, 11) is -3.64. The van der Waals surface area contributed by atoms with Gasteiger partial charge in [0.2, 0.25) is 10.0 Å². The van der Waals surface area contributed by atoms with Gasteiger partial charge in [-0.15, -0.1) is 0 Å². The molecule has 0 amide bonds. The molecule has 0 radical (unpaired) electrons. The summed E-state index contributed by atoms with van der Waals surface area (Å²) in [6.07, 6.45) is 4.35. The van der Waals surface area contributed by atoms with Crippen LogP contribution in [0.15, 0.2) is 35.4 Å². The van der Waals surface area contributed by atoms with E-state index in [4.69, 9.17) is 0 Å². The van der Waals surface area contributed by atoms with Crippen LogP contribution in [0, 0.1) is 18.7 Å². The van der Waals surface area contributed by atoms with Crippen LogP contribution in [0.1, 0.15) is 24.1 Å². The van der Waals surface area contributed by atoms with Crippen LogP contribution < -0.4 is 0 Å². The molecular formula is C16H20FN3O2S. The predicted molar refractivity (Wildman–Crippen MR) is 84.9 cm³/mol. The van der Waals surface area contributed by atoms with Gasteiger partial charge in [-0.25, -0.2) is 12.8 Å². The maximum absolute atomic E-state index is 13.3. The number of H-pyrrole nitrogens is 1. The van der Waals surface area contributed by atoms with Gasteiger partial charge in [-0.1, -0.05) is 6.07 Å². The minimum absolute atomic E-state index is 0.0240. The van der Waals surface area contributed by atoms with Crippen molar-refractivity contribution in [3.8, 4) is 0 Å². The van der Waals surface area contributed by atoms with Gasteiger partial charge >= 0.3 is 0 Å². The number of benzene rings is 1. The monoisotopic (exact) mass is 337 g/mol. The van der Waals surface area contributed by atoms with Gasteiger partial charge in [0.25, 0.3) is 0 Å². The molecule has 1 atom stereocenters. The second-order valence-electron chi connectivity index (χ2n) is 6.06. The van der Waals surface area contributed by atoms with Gasteiger partial charge in [0, 0.05) is 18.8 Å². The lowest BCUT2D eigenvalue weighted by atomic mass is 9.94. The van der Waals surface area contributed by atoms with Crippen LogP contribution in [0.25, 0.3) is 0 Å². The molecule has 2 heterocycles. The molecule has 5 nitrogen and oxygen atoms in total. The van der Waals surface area contributed by atoms with Crippen molar-refractivity contribution in [2.45, 2.75) is 31.1 Å². The molecule has 1 aliphatic heterocycles. The van der Waals surface area contributed by atoms with Gasteiger partial charge < -0.3 is 0 Å². The van der Waals surface area contributed by atoms with Crippen LogP contribution in [0.5, 0.6) is 0 Å². The number of halogens is 1. The number of hydrogen-bond acceptors (Lipinski definition) is 3. The number of rotatable bonds is 4. The lowest BCUT2D eigenvalue weighted by Gasteiger charge is -2.31. The number of aryl methyl sites for hydroxylation is 1. The van der Waals surface area contributed by atoms with Gasteiger partial charge in [-0.05, 0) is 55.9 Å². The SMILES string of the molecule is Cc1cn[nH]c1CC1CCCN(S(=O)(=O)c2cccc(F)c2)C1. The van der Waals surface area contributed by atoms with E-state index >= 15 is 0 Å². The smallest absolute Gasteiger partial charge is 0.243 e. The Bertz CT molecular complexity index is 788. The summed E-state index contributed by atoms with van der Waals surface area (Å²) in [6.45, 7) is 2.93. The molecule has 0 saturated carbocycles. The highest BCUT2D eigenvalue weighted by Gasteiger charge is 2.30. The molecule has 1 fully saturated rings. The van der Waals surface area contributed by atoms with E-state index in [0.717, 1.165) is 36.6 Å². The molecule has 7 heteroatoms. The zero-order valence-corrected chi connectivity index (χ0v) is 13.8. The fourth-order valence-electron chi connectivity index (χ4n) is 3.06. The summed E-state index contributed by atoms with van der Waals surface area (Å²) in [4.78, 5) is 0.0240. The molecule has 3 rings (SSSR count). The van der Waals surface area contributed by atoms with Crippen LogP contribution in [0.4, 0.5) is 4.39 Å². The Labute approximate surface area is 135 Å². The zero-order valence-electron chi connectivity index (χ0n) is 13.0. The van der Waals surface area contributed by atoms with E-state index in [-0.39, 0.29) is 10.8 Å². The average molecular weight is 337 g/mol. The predicted octanol–water partition coefficient (Wildman–Crippen LogP) is 2.50. The molecule has 1 saturated heterocycles. The van der Waals surface area contributed by atoms with Crippen molar-refractivity contribution in [3.05, 3.63) is 47.5 Å². The molecule has 1 aromatic heterocycles. The fourth-order valence-corrected chi connectivity index (χ4v) is 4.64. The third kappa shape index (κ3) is 3.45. The van der Waals surface area contributed by atoms with Gasteiger partial charge in [0.05, 0.1) is 11.1 Å². The number of hydrogen-bond donors (Lipinski definition) is 1. The molecule has 124 valence electrons. The maximum atomic E-state index is 13.3. The second kappa shape index (κ2) is 6.41. The molecule has 1 N–H and O–H groups in total. The van der Waals surface area contributed by atoms with Crippen LogP contribution >= 0.6 is 0 Å². The minimum atomic E-state index is -3.64. The molecule has 0 bridgehead atoms. The minimum Gasteiger partial charge on any atom is -0.282 e. The standard InChI is InChI=1S/C16H20FN3O2S/c1-12-10-18-19-16(12)8-13-4-3-7-20(11-13)23(21,22)15-6-2-5-14(17)9-15/h2,5-6,9-10,13H,3-4,7-8,11H2,1H3,(H,18,19). The fraction of sp³-hybridized carbons (Fsp3) is 0.438. The van der Waals surface area contributed by atoms with E-state index in [0.29, 0.717) is 13.1 Å². The lowest BCUT2D eigenvalue weighted by Crippen LogP contribution is -2.40. The summed E-state index contributed by atoms with van der Waals surface area (Å²) >= 11 is 0. The van der Waals surface area contributed by atoms with E-state index in [1.54, 1.807) is 6.20 Å². The molecule has 1 aliphatic rings. The second-order valence-corrected chi connectivity index (χ2v) is 8.00. The van der Waals surface area contributed by atoms with Crippen LogP contribution in [0.2, 0.25) is 0 Å². The molecule has 2 aromatic rings. The Kier molecular flexibility index (Phi) is 4.50. The number of aromatic amines is 1. The summed E-state index contributed by atoms with van der Waals surface area (Å²) in [5.41, 5.74) is 2.15. The molecule has 0 aliphatic carbocycles. The summed E-state index contributed by atoms with van der Waals surface area (Å²) < 4.78 is 40.2. The number of aromatic nitrogens is 2. The van der Waals surface area contributed by atoms with E-state index in [1.165, 1.54) is 22.5 Å². The van der Waals surface area contributed by atoms with Crippen molar-refractivity contribution in [1.82, 2.24) is 14.5 Å². The number of nitrogens with zero attached hydrogens (tertiary/aromatic N) is 2. The Balaban J connectivity index is 1.76. The third-order valence-electron chi connectivity index (χ3n) is 4.34. The average Bonchev–Trinajstić information content (AvgIpc) is 2.93. The topological polar surface area (TPSA) is 66.1 Å². The van der Waals surface area contributed by atoms with Crippen molar-refractivity contribution in [2.24, 2.45) is 5.92 Å². The normalized spacial score (nSPS) is 19.8. The van der Waals surface area contributed by atoms with Crippen LogP contribution in [-0.2, 0) is 16.4 Å². The number of sulfonamides is 1. The molecule has 23 heavy (non-hydrogen) atoms. The molecular weight excluding hydrogens is 317 g/mol. The highest BCUT2D eigenvalue weighted by Crippen LogP contribution is 2.26. The molecule has 1 aromatic carbocycles. The van der Waals surface area contributed by atoms with E-state index in [2.05, 4.69) is 10.2 Å². The van der Waals surface area contributed by atoms with Crippen LogP contribution in [0.3, 0.4) is 0 Å². The highest BCUT2D eigenvalue weighted by molar-refractivity contribution is 7.89. The van der Waals surface area contributed by atoms with Gasteiger partial charge in [0.15, 0.2) is 0 Å². The van der Waals surface area contributed by atoms with Crippen molar-refractivity contribution in [1.29, 1.82) is 0 Å². The third-order valence-corrected chi connectivity index (χ3v) is 6.20. The van der Waals surface area contributed by atoms with Crippen molar-refractivity contribution in [3.63, 3.8) is 0 Å². The van der Waals surface area contributed by atoms with Crippen molar-refractivity contribution in [2.75, 3.05) is 13.1 Å². The first-order chi connectivity index (χ1) is 11.0. The first-order valence-electron chi connectivity index (χ1n) is 7.71. The quantitative estimate of drug-likeness (QED) is 0.932. The maximum Gasteiger partial charge on any atom is 0.243 e. The highest BCUT2D eigenvalue weighted by atomic mass is 32.2. The largest absolute Gasteiger partial charge is 0.282 e. The molecule has 1 unspecified atom stereocenters. The van der Waals surface area contributed by atoms with E-state index in [1.807, 2.05) is 6.92 Å². The summed E-state index contributed by atoms with van der Waals surface area (Å²) in [5.74, 6) is -0.293. The van der Waals surface area contributed by atoms with Crippen molar-refractivity contribution < 1.29 is 12.8 Å². The van der Waals surface area contributed by atoms with Crippen molar-refractivity contribution >= 4 is 10.0 Å². The van der Waals surface area contributed by atoms with Crippen LogP contribution in [-0.4, -0.2) is 36.0 Å². The summed E-state index contributed by atoms with van der Waals surface area (Å²) in [5, 5.41) is 6.99. The first kappa shape index (κ1) is 16.1. The Morgan fingerprint density at radius 1 is 1.43 bits per heavy atom. The van der Waals surface area contributed by atoms with E-state index in [9.17, 15) is 12.8 Å². The molecule has 0 spiro atoms. The van der Waals surface area contributed by atoms with Gasteiger partial charge in [0.1, 0.15) is 5.82 Å². The van der Waals surface area contributed by atoms with Gasteiger partial charge in [-0.3, -0.25) is 5.10 Å². The Hall–Kier alpha value is -1.73. The van der Waals surface area contributed by atoms with E-state index < -0.39 is 15.8 Å². The Morgan fingerprint density at radius 2 is 2.26 bits per heavy atom. The zero-order chi connectivity index (χ0) is 16.4. The lowest BCUT2D eigenvalue weighted by molar-refractivity contribution is 0.264. The Morgan fingerprint density at radius 3 is 2.96 bits per heavy atom. The first-order valence-corrected chi connectivity index (χ1v) is 9.15. The summed E-state index contributed by atoms with van der Waals surface area (Å²) in [6, 6.07) is 5.20.